The normalized spacial score (nSPS) is 18.1. The van der Waals surface area contributed by atoms with Crippen molar-refractivity contribution in [3.05, 3.63) is 11.9 Å². The van der Waals surface area contributed by atoms with Gasteiger partial charge in [-0.1, -0.05) is 12.8 Å². The Morgan fingerprint density at radius 1 is 1.35 bits per heavy atom. The van der Waals surface area contributed by atoms with E-state index in [1.165, 1.54) is 25.7 Å². The zero-order valence-electron chi connectivity index (χ0n) is 10.9. The minimum atomic E-state index is 0.183. The second-order valence-corrected chi connectivity index (χ2v) is 4.98. The topological polar surface area (TPSA) is 47.0 Å². The molecule has 0 spiro atoms. The van der Waals surface area contributed by atoms with Gasteiger partial charge in [0.1, 0.15) is 12.1 Å². The van der Waals surface area contributed by atoms with Crippen LogP contribution in [0.5, 0.6) is 5.88 Å². The molecule has 1 aromatic rings. The maximum absolute atomic E-state index is 5.48. The number of nitrogens with one attached hydrogen (secondary N) is 1. The molecule has 0 amide bonds. The molecular weight excluding hydrogens is 214 g/mol. The van der Waals surface area contributed by atoms with Crippen molar-refractivity contribution in [1.29, 1.82) is 0 Å². The van der Waals surface area contributed by atoms with Crippen molar-refractivity contribution < 1.29 is 4.74 Å². The van der Waals surface area contributed by atoms with Crippen LogP contribution >= 0.6 is 0 Å². The van der Waals surface area contributed by atoms with Crippen LogP contribution < -0.4 is 10.1 Å². The third kappa shape index (κ3) is 2.68. The maximum Gasteiger partial charge on any atom is 0.221 e. The Kier molecular flexibility index (Phi) is 3.50. The molecule has 1 fully saturated rings. The van der Waals surface area contributed by atoms with E-state index in [4.69, 9.17) is 4.74 Å². The first-order chi connectivity index (χ1) is 8.14. The van der Waals surface area contributed by atoms with E-state index in [1.54, 1.807) is 6.33 Å². The molecule has 1 heterocycles. The zero-order valence-corrected chi connectivity index (χ0v) is 10.9. The number of rotatable bonds is 4. The third-order valence-corrected chi connectivity index (χ3v) is 3.45. The van der Waals surface area contributed by atoms with E-state index in [1.807, 2.05) is 13.8 Å². The minimum Gasteiger partial charge on any atom is -0.478 e. The predicted molar refractivity (Wildman–Crippen MR) is 68.4 cm³/mol. The lowest BCUT2D eigenvalue weighted by Crippen LogP contribution is -2.31. The van der Waals surface area contributed by atoms with Crippen molar-refractivity contribution >= 4 is 5.82 Å². The molecule has 1 aromatic heterocycles. The molecule has 0 radical (unpaired) electrons. The fraction of sp³-hybridized carbons (Fsp3) is 0.692. The standard InChI is InChI=1S/C13H21N3O/c1-4-17-12-10(2)11(14-9-15-12)16-13(3)7-5-6-8-13/h9H,4-8H2,1-3H3,(H,14,15,16). The summed E-state index contributed by atoms with van der Waals surface area (Å²) in [6.45, 7) is 6.87. The van der Waals surface area contributed by atoms with Gasteiger partial charge >= 0.3 is 0 Å². The quantitative estimate of drug-likeness (QED) is 0.871. The van der Waals surface area contributed by atoms with Crippen LogP contribution in [0.2, 0.25) is 0 Å². The van der Waals surface area contributed by atoms with Crippen LogP contribution in [0.3, 0.4) is 0 Å². The summed E-state index contributed by atoms with van der Waals surface area (Å²) in [5.41, 5.74) is 1.19. The number of ether oxygens (including phenoxy) is 1. The van der Waals surface area contributed by atoms with E-state index in [-0.39, 0.29) is 5.54 Å². The molecule has 2 rings (SSSR count). The van der Waals surface area contributed by atoms with Crippen LogP contribution in [0.4, 0.5) is 5.82 Å². The van der Waals surface area contributed by atoms with Crippen molar-refractivity contribution in [2.75, 3.05) is 11.9 Å². The number of aromatic nitrogens is 2. The first-order valence-electron chi connectivity index (χ1n) is 6.37. The Balaban J connectivity index is 2.18. The summed E-state index contributed by atoms with van der Waals surface area (Å²) in [6.07, 6.45) is 6.58. The van der Waals surface area contributed by atoms with Gasteiger partial charge in [0.2, 0.25) is 5.88 Å². The monoisotopic (exact) mass is 235 g/mol. The third-order valence-electron chi connectivity index (χ3n) is 3.45. The van der Waals surface area contributed by atoms with Gasteiger partial charge < -0.3 is 10.1 Å². The van der Waals surface area contributed by atoms with Crippen molar-refractivity contribution in [2.45, 2.75) is 52.0 Å². The summed E-state index contributed by atoms with van der Waals surface area (Å²) < 4.78 is 5.48. The molecule has 1 saturated carbocycles. The van der Waals surface area contributed by atoms with Crippen molar-refractivity contribution in [3.63, 3.8) is 0 Å². The van der Waals surface area contributed by atoms with Crippen molar-refractivity contribution in [2.24, 2.45) is 0 Å². The Hall–Kier alpha value is -1.32. The van der Waals surface area contributed by atoms with Gasteiger partial charge in [0.05, 0.1) is 12.2 Å². The molecule has 0 atom stereocenters. The van der Waals surface area contributed by atoms with E-state index in [0.29, 0.717) is 12.5 Å². The van der Waals surface area contributed by atoms with Gasteiger partial charge in [0, 0.05) is 5.54 Å². The average Bonchev–Trinajstić information content (AvgIpc) is 2.71. The van der Waals surface area contributed by atoms with Crippen LogP contribution in [0.25, 0.3) is 0 Å². The van der Waals surface area contributed by atoms with Gasteiger partial charge in [-0.3, -0.25) is 0 Å². The largest absolute Gasteiger partial charge is 0.478 e. The van der Waals surface area contributed by atoms with Gasteiger partial charge in [0.25, 0.3) is 0 Å². The van der Waals surface area contributed by atoms with Gasteiger partial charge in [-0.15, -0.1) is 0 Å². The van der Waals surface area contributed by atoms with Crippen LogP contribution in [-0.2, 0) is 0 Å². The van der Waals surface area contributed by atoms with Crippen LogP contribution in [-0.4, -0.2) is 22.1 Å². The van der Waals surface area contributed by atoms with Gasteiger partial charge in [-0.25, -0.2) is 9.97 Å². The highest BCUT2D eigenvalue weighted by molar-refractivity contribution is 5.49. The van der Waals surface area contributed by atoms with E-state index < -0.39 is 0 Å². The lowest BCUT2D eigenvalue weighted by Gasteiger charge is -2.27. The van der Waals surface area contributed by atoms with Crippen LogP contribution in [0, 0.1) is 6.92 Å². The first-order valence-corrected chi connectivity index (χ1v) is 6.37. The van der Waals surface area contributed by atoms with E-state index in [0.717, 1.165) is 11.4 Å². The predicted octanol–water partition coefficient (Wildman–Crippen LogP) is 2.93. The first kappa shape index (κ1) is 12.1. The zero-order chi connectivity index (χ0) is 12.3. The minimum absolute atomic E-state index is 0.183. The molecule has 0 aliphatic heterocycles. The summed E-state index contributed by atoms with van der Waals surface area (Å²) in [5.74, 6) is 1.60. The van der Waals surface area contributed by atoms with Gasteiger partial charge in [-0.05, 0) is 33.6 Å². The maximum atomic E-state index is 5.48. The fourth-order valence-corrected chi connectivity index (χ4v) is 2.41. The summed E-state index contributed by atoms with van der Waals surface area (Å²) in [6, 6.07) is 0. The molecule has 0 aromatic carbocycles. The fourth-order valence-electron chi connectivity index (χ4n) is 2.41. The molecule has 0 unspecified atom stereocenters. The van der Waals surface area contributed by atoms with Crippen molar-refractivity contribution in [3.8, 4) is 5.88 Å². The second-order valence-electron chi connectivity index (χ2n) is 4.98. The SMILES string of the molecule is CCOc1ncnc(NC2(C)CCCC2)c1C. The molecule has 1 aliphatic rings. The summed E-state index contributed by atoms with van der Waals surface area (Å²) in [4.78, 5) is 8.48. The highest BCUT2D eigenvalue weighted by Crippen LogP contribution is 2.33. The molecule has 4 heteroatoms. The molecule has 4 nitrogen and oxygen atoms in total. The van der Waals surface area contributed by atoms with E-state index in [9.17, 15) is 0 Å². The summed E-state index contributed by atoms with van der Waals surface area (Å²) >= 11 is 0. The van der Waals surface area contributed by atoms with Crippen LogP contribution in [0.15, 0.2) is 6.33 Å². The van der Waals surface area contributed by atoms with E-state index in [2.05, 4.69) is 22.2 Å². The number of anilines is 1. The van der Waals surface area contributed by atoms with Gasteiger partial charge in [-0.2, -0.15) is 0 Å². The highest BCUT2D eigenvalue weighted by Gasteiger charge is 2.29. The Bertz CT molecular complexity index is 386. The molecule has 94 valence electrons. The smallest absolute Gasteiger partial charge is 0.221 e. The average molecular weight is 235 g/mol. The molecule has 1 N–H and O–H groups in total. The number of hydrogen-bond donors (Lipinski definition) is 1. The lowest BCUT2D eigenvalue weighted by atomic mass is 10.0. The Labute approximate surface area is 103 Å². The van der Waals surface area contributed by atoms with Gasteiger partial charge in [0.15, 0.2) is 0 Å². The molecule has 0 saturated heterocycles. The number of hydrogen-bond acceptors (Lipinski definition) is 4. The van der Waals surface area contributed by atoms with E-state index >= 15 is 0 Å². The molecule has 1 aliphatic carbocycles. The molecule has 0 bridgehead atoms. The Morgan fingerprint density at radius 3 is 2.71 bits per heavy atom. The second kappa shape index (κ2) is 4.90. The number of nitrogens with zero attached hydrogens (tertiary/aromatic N) is 2. The highest BCUT2D eigenvalue weighted by atomic mass is 16.5. The Morgan fingerprint density at radius 2 is 2.06 bits per heavy atom. The summed E-state index contributed by atoms with van der Waals surface area (Å²) in [7, 11) is 0. The summed E-state index contributed by atoms with van der Waals surface area (Å²) in [5, 5.41) is 3.55. The van der Waals surface area contributed by atoms with Crippen molar-refractivity contribution in [1.82, 2.24) is 9.97 Å². The molecule has 17 heavy (non-hydrogen) atoms. The van der Waals surface area contributed by atoms with Crippen LogP contribution in [0.1, 0.15) is 45.1 Å². The lowest BCUT2D eigenvalue weighted by molar-refractivity contribution is 0.323. The molecular formula is C13H21N3O.